The Morgan fingerprint density at radius 2 is 1.31 bits per heavy atom. The molecule has 0 bridgehead atoms. The Balaban J connectivity index is 0. The summed E-state index contributed by atoms with van der Waals surface area (Å²) in [6.45, 7) is 1.63. The Morgan fingerprint density at radius 3 is 1.69 bits per heavy atom. The molecule has 0 aromatic carbocycles. The third-order valence-corrected chi connectivity index (χ3v) is 4.81. The molecule has 0 saturated carbocycles. The lowest BCUT2D eigenvalue weighted by Gasteiger charge is -2.11. The fourth-order valence-electron chi connectivity index (χ4n) is 2.79. The summed E-state index contributed by atoms with van der Waals surface area (Å²) in [5.74, 6) is -3.04. The zero-order valence-electron chi connectivity index (χ0n) is 19.3. The van der Waals surface area contributed by atoms with Crippen LogP contribution in [0, 0.1) is 0 Å². The van der Waals surface area contributed by atoms with Crippen molar-refractivity contribution < 1.29 is 39.9 Å². The number of allylic oxidation sites excluding steroid dienone is 1. The number of aliphatic carboxylic acids is 2. The molecule has 0 aliphatic carbocycles. The third-order valence-electron chi connectivity index (χ3n) is 4.81. The van der Waals surface area contributed by atoms with Crippen LogP contribution in [0.2, 0.25) is 0 Å². The molecule has 7 N–H and O–H groups in total. The molecule has 9 nitrogen and oxygen atoms in total. The zero-order valence-corrected chi connectivity index (χ0v) is 19.3. The van der Waals surface area contributed by atoms with E-state index in [9.17, 15) is 19.5 Å². The molecule has 0 radical (unpaired) electrons. The molecule has 0 spiro atoms. The first kappa shape index (κ1) is 32.4. The monoisotopic (exact) mass is 461 g/mol. The molecular weight excluding hydrogens is 418 g/mol. The van der Waals surface area contributed by atoms with Crippen LogP contribution in [-0.4, -0.2) is 68.1 Å². The Hall–Kier alpha value is -1.81. The second-order valence-electron chi connectivity index (χ2n) is 7.87. The SMILES string of the molecule is CCCCCCCCCCCCCC=CC(=O)C(O)C(O)CO.N[C@@H](CC(=O)O)C(=O)O. The fourth-order valence-corrected chi connectivity index (χ4v) is 2.79. The van der Waals surface area contributed by atoms with Gasteiger partial charge in [-0.2, -0.15) is 0 Å². The van der Waals surface area contributed by atoms with Crippen LogP contribution >= 0.6 is 0 Å². The van der Waals surface area contributed by atoms with Crippen LogP contribution in [0.5, 0.6) is 0 Å². The number of hydrogen-bond acceptors (Lipinski definition) is 7. The number of carboxylic acids is 2. The maximum Gasteiger partial charge on any atom is 0.321 e. The van der Waals surface area contributed by atoms with Crippen molar-refractivity contribution in [3.8, 4) is 0 Å². The van der Waals surface area contributed by atoms with Crippen LogP contribution in [0.15, 0.2) is 12.2 Å². The van der Waals surface area contributed by atoms with E-state index in [0.717, 1.165) is 19.3 Å². The minimum atomic E-state index is -1.52. The van der Waals surface area contributed by atoms with Gasteiger partial charge in [0.15, 0.2) is 5.78 Å². The van der Waals surface area contributed by atoms with Crippen molar-refractivity contribution in [2.45, 2.75) is 109 Å². The number of carbonyl (C=O) groups is 3. The topological polar surface area (TPSA) is 178 Å². The Bertz CT molecular complexity index is 524. The summed E-state index contributed by atoms with van der Waals surface area (Å²) >= 11 is 0. The summed E-state index contributed by atoms with van der Waals surface area (Å²) in [6, 6.07) is -1.29. The summed E-state index contributed by atoms with van der Waals surface area (Å²) in [5, 5.41) is 43.2. The molecule has 0 aliphatic rings. The molecule has 188 valence electrons. The van der Waals surface area contributed by atoms with E-state index in [1.165, 1.54) is 63.9 Å². The van der Waals surface area contributed by atoms with Gasteiger partial charge < -0.3 is 31.3 Å². The first-order valence-corrected chi connectivity index (χ1v) is 11.5. The van der Waals surface area contributed by atoms with Crippen LogP contribution in [-0.2, 0) is 14.4 Å². The van der Waals surface area contributed by atoms with Gasteiger partial charge in [-0.05, 0) is 18.9 Å². The average molecular weight is 462 g/mol. The smallest absolute Gasteiger partial charge is 0.321 e. The molecule has 0 rings (SSSR count). The van der Waals surface area contributed by atoms with Crippen molar-refractivity contribution in [2.24, 2.45) is 5.73 Å². The highest BCUT2D eigenvalue weighted by molar-refractivity contribution is 5.93. The molecule has 3 atom stereocenters. The van der Waals surface area contributed by atoms with Crippen molar-refractivity contribution in [1.29, 1.82) is 0 Å². The predicted octanol–water partition coefficient (Wildman–Crippen LogP) is 2.40. The van der Waals surface area contributed by atoms with Crippen molar-refractivity contribution >= 4 is 17.7 Å². The van der Waals surface area contributed by atoms with Gasteiger partial charge in [0, 0.05) is 0 Å². The quantitative estimate of drug-likeness (QED) is 0.124. The molecule has 0 aliphatic heterocycles. The highest BCUT2D eigenvalue weighted by Gasteiger charge is 2.20. The van der Waals surface area contributed by atoms with Crippen molar-refractivity contribution in [1.82, 2.24) is 0 Å². The highest BCUT2D eigenvalue weighted by atomic mass is 16.4. The maximum atomic E-state index is 11.4. The average Bonchev–Trinajstić information content (AvgIpc) is 2.75. The van der Waals surface area contributed by atoms with Crippen LogP contribution in [0.4, 0.5) is 0 Å². The largest absolute Gasteiger partial charge is 0.481 e. The fraction of sp³-hybridized carbons (Fsp3) is 0.783. The van der Waals surface area contributed by atoms with Gasteiger partial charge in [0.1, 0.15) is 18.2 Å². The number of nitrogens with two attached hydrogens (primary N) is 1. The number of rotatable bonds is 19. The lowest BCUT2D eigenvalue weighted by Crippen LogP contribution is -2.35. The van der Waals surface area contributed by atoms with E-state index < -0.39 is 49.0 Å². The minimum absolute atomic E-state index is 0.532. The zero-order chi connectivity index (χ0) is 24.8. The Kier molecular flexibility index (Phi) is 22.6. The van der Waals surface area contributed by atoms with Gasteiger partial charge in [-0.25, -0.2) is 0 Å². The minimum Gasteiger partial charge on any atom is -0.481 e. The van der Waals surface area contributed by atoms with Gasteiger partial charge in [-0.3, -0.25) is 14.4 Å². The van der Waals surface area contributed by atoms with Gasteiger partial charge >= 0.3 is 11.9 Å². The summed E-state index contributed by atoms with van der Waals surface area (Å²) in [7, 11) is 0. The van der Waals surface area contributed by atoms with E-state index in [2.05, 4.69) is 6.92 Å². The van der Waals surface area contributed by atoms with Crippen molar-refractivity contribution in [3.63, 3.8) is 0 Å². The van der Waals surface area contributed by atoms with E-state index >= 15 is 0 Å². The molecule has 32 heavy (non-hydrogen) atoms. The predicted molar refractivity (Wildman–Crippen MR) is 122 cm³/mol. The van der Waals surface area contributed by atoms with Crippen molar-refractivity contribution in [3.05, 3.63) is 12.2 Å². The molecule has 0 aromatic rings. The summed E-state index contributed by atoms with van der Waals surface area (Å²) in [6.07, 6.45) is 14.6. The van der Waals surface area contributed by atoms with Crippen LogP contribution in [0.3, 0.4) is 0 Å². The molecule has 0 fully saturated rings. The molecule has 2 unspecified atom stereocenters. The first-order chi connectivity index (χ1) is 15.2. The highest BCUT2D eigenvalue weighted by Crippen LogP contribution is 2.12. The van der Waals surface area contributed by atoms with Gasteiger partial charge in [-0.1, -0.05) is 77.2 Å². The second-order valence-corrected chi connectivity index (χ2v) is 7.87. The number of carboxylic acid groups (broad SMARTS) is 2. The molecule has 0 heterocycles. The van der Waals surface area contributed by atoms with E-state index in [0.29, 0.717) is 0 Å². The Labute approximate surface area is 191 Å². The third kappa shape index (κ3) is 21.4. The van der Waals surface area contributed by atoms with Gasteiger partial charge in [0.2, 0.25) is 0 Å². The number of carbonyl (C=O) groups excluding carboxylic acids is 1. The molecule has 0 saturated heterocycles. The summed E-state index contributed by atoms with van der Waals surface area (Å²) < 4.78 is 0. The molecule has 9 heteroatoms. The summed E-state index contributed by atoms with van der Waals surface area (Å²) in [4.78, 5) is 31.1. The van der Waals surface area contributed by atoms with Crippen LogP contribution in [0.1, 0.15) is 90.4 Å². The molecule has 0 aromatic heterocycles. The van der Waals surface area contributed by atoms with Gasteiger partial charge in [0.05, 0.1) is 13.0 Å². The van der Waals surface area contributed by atoms with E-state index in [-0.39, 0.29) is 0 Å². The molecule has 0 amide bonds. The van der Waals surface area contributed by atoms with Crippen LogP contribution in [0.25, 0.3) is 0 Å². The van der Waals surface area contributed by atoms with E-state index in [4.69, 9.17) is 26.2 Å². The normalized spacial score (nSPS) is 13.8. The number of aliphatic hydroxyl groups excluding tert-OH is 3. The molecular formula is C23H43NO8. The number of aliphatic hydroxyl groups is 3. The number of ketones is 1. The van der Waals surface area contributed by atoms with E-state index in [1.807, 2.05) is 0 Å². The van der Waals surface area contributed by atoms with Crippen molar-refractivity contribution in [2.75, 3.05) is 6.61 Å². The van der Waals surface area contributed by atoms with Crippen LogP contribution < -0.4 is 5.73 Å². The number of unbranched alkanes of at least 4 members (excludes halogenated alkanes) is 11. The second kappa shape index (κ2) is 22.4. The van der Waals surface area contributed by atoms with Gasteiger partial charge in [0.25, 0.3) is 0 Å². The Morgan fingerprint density at radius 1 is 0.844 bits per heavy atom. The lowest BCUT2D eigenvalue weighted by molar-refractivity contribution is -0.144. The maximum absolute atomic E-state index is 11.4. The first-order valence-electron chi connectivity index (χ1n) is 11.5. The summed E-state index contributed by atoms with van der Waals surface area (Å²) in [5.41, 5.74) is 4.84. The standard InChI is InChI=1S/C19H36O4.C4H7NO4/c1-2-3-4-5-6-7-8-9-10-11-12-13-14-15-17(21)19(23)18(22)16-20;5-2(4(8)9)1-3(6)7/h14-15,18-20,22-23H,2-13,16H2,1H3;2H,1,5H2,(H,6,7)(H,8,9)/t;2-/m.0/s1. The van der Waals surface area contributed by atoms with E-state index in [1.54, 1.807) is 6.08 Å². The number of hydrogen-bond donors (Lipinski definition) is 6. The lowest BCUT2D eigenvalue weighted by atomic mass is 10.0. The van der Waals surface area contributed by atoms with Gasteiger partial charge in [-0.15, -0.1) is 0 Å².